The molecule has 5 nitrogen and oxygen atoms in total. The third kappa shape index (κ3) is 2.59. The fraction of sp³-hybridized carbons (Fsp3) is 0.182. The largest absolute Gasteiger partial charge is 0.383 e. The predicted octanol–water partition coefficient (Wildman–Crippen LogP) is 1.44. The number of carbonyl (C=O) groups excluding carboxylic acids is 1. The van der Waals surface area contributed by atoms with E-state index in [4.69, 9.17) is 11.5 Å². The minimum Gasteiger partial charge on any atom is -0.383 e. The zero-order valence-electron chi connectivity index (χ0n) is 9.30. The molecular formula is C11H12N4OS. The molecule has 0 spiro atoms. The summed E-state index contributed by atoms with van der Waals surface area (Å²) < 4.78 is 0. The number of anilines is 2. The first kappa shape index (κ1) is 11.5. The summed E-state index contributed by atoms with van der Waals surface area (Å²) in [7, 11) is 0. The highest BCUT2D eigenvalue weighted by Gasteiger charge is 2.13. The van der Waals surface area contributed by atoms with Crippen molar-refractivity contribution in [3.05, 3.63) is 34.5 Å². The molecule has 0 atom stereocenters. The van der Waals surface area contributed by atoms with Crippen LogP contribution in [0.3, 0.4) is 0 Å². The van der Waals surface area contributed by atoms with E-state index in [0.717, 1.165) is 5.56 Å². The molecule has 0 aliphatic rings. The molecule has 6 heteroatoms. The summed E-state index contributed by atoms with van der Waals surface area (Å²) >= 11 is 1.32. The Hall–Kier alpha value is -1.95. The molecule has 0 unspecified atom stereocenters. The molecule has 0 radical (unpaired) electrons. The van der Waals surface area contributed by atoms with Gasteiger partial charge in [0, 0.05) is 11.6 Å². The number of pyridine rings is 1. The van der Waals surface area contributed by atoms with Gasteiger partial charge in [-0.1, -0.05) is 0 Å². The number of nitrogens with zero attached hydrogens (tertiary/aromatic N) is 2. The molecule has 0 fully saturated rings. The Kier molecular flexibility index (Phi) is 3.06. The number of carbonyl (C=O) groups is 1. The monoisotopic (exact) mass is 248 g/mol. The molecule has 2 rings (SSSR count). The van der Waals surface area contributed by atoms with Gasteiger partial charge in [-0.25, -0.2) is 9.97 Å². The normalized spacial score (nSPS) is 10.4. The van der Waals surface area contributed by atoms with E-state index in [1.54, 1.807) is 17.6 Å². The van der Waals surface area contributed by atoms with Crippen molar-refractivity contribution in [1.29, 1.82) is 0 Å². The van der Waals surface area contributed by atoms with Gasteiger partial charge < -0.3 is 11.5 Å². The first-order valence-corrected chi connectivity index (χ1v) is 5.89. The van der Waals surface area contributed by atoms with Crippen LogP contribution < -0.4 is 11.5 Å². The van der Waals surface area contributed by atoms with Gasteiger partial charge in [0.05, 0.1) is 17.7 Å². The van der Waals surface area contributed by atoms with Crippen molar-refractivity contribution in [1.82, 2.24) is 9.97 Å². The zero-order valence-corrected chi connectivity index (χ0v) is 10.1. The Morgan fingerprint density at radius 2 is 2.24 bits per heavy atom. The zero-order chi connectivity index (χ0) is 12.4. The van der Waals surface area contributed by atoms with Crippen LogP contribution in [0.1, 0.15) is 21.6 Å². The highest BCUT2D eigenvalue weighted by atomic mass is 32.1. The fourth-order valence-corrected chi connectivity index (χ4v) is 2.03. The number of aryl methyl sites for hydroxylation is 1. The summed E-state index contributed by atoms with van der Waals surface area (Å²) in [5.74, 6) is 0.160. The van der Waals surface area contributed by atoms with E-state index in [-0.39, 0.29) is 18.0 Å². The van der Waals surface area contributed by atoms with E-state index in [0.29, 0.717) is 16.4 Å². The minimum atomic E-state index is -0.0935. The van der Waals surface area contributed by atoms with Gasteiger partial charge in [-0.3, -0.25) is 4.79 Å². The smallest absolute Gasteiger partial charge is 0.180 e. The number of hydrogen-bond donors (Lipinski definition) is 2. The average Bonchev–Trinajstić information content (AvgIpc) is 2.67. The van der Waals surface area contributed by atoms with Crippen molar-refractivity contribution in [2.45, 2.75) is 13.3 Å². The molecule has 0 aliphatic heterocycles. The third-order valence-electron chi connectivity index (χ3n) is 2.27. The summed E-state index contributed by atoms with van der Waals surface area (Å²) in [5.41, 5.74) is 13.2. The second-order valence-electron chi connectivity index (χ2n) is 3.72. The van der Waals surface area contributed by atoms with Crippen LogP contribution in [0.15, 0.2) is 17.6 Å². The molecule has 17 heavy (non-hydrogen) atoms. The number of thiazole rings is 1. The quantitative estimate of drug-likeness (QED) is 0.801. The Morgan fingerprint density at radius 3 is 2.88 bits per heavy atom. The lowest BCUT2D eigenvalue weighted by atomic mass is 10.1. The Balaban J connectivity index is 2.22. The lowest BCUT2D eigenvalue weighted by Gasteiger charge is -2.03. The maximum Gasteiger partial charge on any atom is 0.180 e. The second-order valence-corrected chi connectivity index (χ2v) is 4.61. The number of ketones is 1. The topological polar surface area (TPSA) is 94.9 Å². The van der Waals surface area contributed by atoms with Crippen LogP contribution in [0, 0.1) is 6.92 Å². The standard InChI is InChI=1S/C11H12N4OS/c1-6-2-8(10(12)14-4-6)9(16)3-7-5-17-11(13)15-7/h2,4-5H,3H2,1H3,(H2,12,14)(H2,13,15). The van der Waals surface area contributed by atoms with Crippen LogP contribution in [0.5, 0.6) is 0 Å². The van der Waals surface area contributed by atoms with Crippen LogP contribution in [-0.4, -0.2) is 15.8 Å². The van der Waals surface area contributed by atoms with Crippen LogP contribution in [0.4, 0.5) is 10.9 Å². The van der Waals surface area contributed by atoms with E-state index in [9.17, 15) is 4.79 Å². The van der Waals surface area contributed by atoms with E-state index in [1.807, 2.05) is 6.92 Å². The van der Waals surface area contributed by atoms with Crippen molar-refractivity contribution in [2.75, 3.05) is 11.5 Å². The first-order valence-electron chi connectivity index (χ1n) is 5.01. The molecule has 0 bridgehead atoms. The van der Waals surface area contributed by atoms with Crippen LogP contribution in [0.25, 0.3) is 0 Å². The van der Waals surface area contributed by atoms with Crippen molar-refractivity contribution in [3.8, 4) is 0 Å². The molecule has 2 aromatic rings. The van der Waals surface area contributed by atoms with Crippen LogP contribution in [-0.2, 0) is 6.42 Å². The van der Waals surface area contributed by atoms with Gasteiger partial charge in [0.1, 0.15) is 5.82 Å². The second kappa shape index (κ2) is 4.50. The lowest BCUT2D eigenvalue weighted by molar-refractivity contribution is 0.0992. The highest BCUT2D eigenvalue weighted by Crippen LogP contribution is 2.16. The summed E-state index contributed by atoms with van der Waals surface area (Å²) in [6.07, 6.45) is 1.83. The number of aromatic nitrogens is 2. The van der Waals surface area contributed by atoms with Crippen molar-refractivity contribution >= 4 is 28.1 Å². The number of nitrogens with two attached hydrogens (primary N) is 2. The van der Waals surface area contributed by atoms with Crippen molar-refractivity contribution < 1.29 is 4.79 Å². The number of rotatable bonds is 3. The van der Waals surface area contributed by atoms with Crippen molar-refractivity contribution in [2.24, 2.45) is 0 Å². The van der Waals surface area contributed by atoms with E-state index in [2.05, 4.69) is 9.97 Å². The van der Waals surface area contributed by atoms with E-state index < -0.39 is 0 Å². The van der Waals surface area contributed by atoms with Gasteiger partial charge in [-0.15, -0.1) is 11.3 Å². The summed E-state index contributed by atoms with van der Waals surface area (Å²) in [5, 5.41) is 2.23. The minimum absolute atomic E-state index is 0.0935. The maximum atomic E-state index is 12.0. The molecule has 88 valence electrons. The van der Waals surface area contributed by atoms with Gasteiger partial charge >= 0.3 is 0 Å². The van der Waals surface area contributed by atoms with Gasteiger partial charge in [0.25, 0.3) is 0 Å². The Bertz CT molecular complexity index is 564. The average molecular weight is 248 g/mol. The summed E-state index contributed by atoms with van der Waals surface area (Å²) in [6.45, 7) is 1.87. The van der Waals surface area contributed by atoms with Gasteiger partial charge in [0.2, 0.25) is 0 Å². The van der Waals surface area contributed by atoms with Gasteiger partial charge in [-0.2, -0.15) is 0 Å². The molecule has 0 aromatic carbocycles. The summed E-state index contributed by atoms with van der Waals surface area (Å²) in [4.78, 5) is 20.0. The number of Topliss-reactive ketones (excluding diaryl/α,β-unsaturated/α-hetero) is 1. The fourth-order valence-electron chi connectivity index (χ4n) is 1.47. The SMILES string of the molecule is Cc1cnc(N)c(C(=O)Cc2csc(N)n2)c1. The predicted molar refractivity (Wildman–Crippen MR) is 67.9 cm³/mol. The van der Waals surface area contributed by atoms with Crippen LogP contribution in [0.2, 0.25) is 0 Å². The molecule has 2 heterocycles. The first-order chi connectivity index (χ1) is 8.06. The summed E-state index contributed by atoms with van der Waals surface area (Å²) in [6, 6.07) is 1.74. The van der Waals surface area contributed by atoms with Gasteiger partial charge in [0.15, 0.2) is 10.9 Å². The van der Waals surface area contributed by atoms with E-state index in [1.165, 1.54) is 11.3 Å². The van der Waals surface area contributed by atoms with Gasteiger partial charge in [-0.05, 0) is 18.6 Å². The molecule has 0 saturated heterocycles. The number of nitrogen functional groups attached to an aromatic ring is 2. The van der Waals surface area contributed by atoms with Crippen molar-refractivity contribution in [3.63, 3.8) is 0 Å². The highest BCUT2D eigenvalue weighted by molar-refractivity contribution is 7.13. The lowest BCUT2D eigenvalue weighted by Crippen LogP contribution is -2.09. The third-order valence-corrected chi connectivity index (χ3v) is 2.99. The van der Waals surface area contributed by atoms with E-state index >= 15 is 0 Å². The number of hydrogen-bond acceptors (Lipinski definition) is 6. The Labute approximate surface area is 103 Å². The maximum absolute atomic E-state index is 12.0. The molecule has 0 amide bonds. The molecule has 2 aromatic heterocycles. The molecular weight excluding hydrogens is 236 g/mol. The molecule has 4 N–H and O–H groups in total. The Morgan fingerprint density at radius 1 is 1.47 bits per heavy atom. The molecule has 0 saturated carbocycles. The van der Waals surface area contributed by atoms with Crippen LogP contribution >= 0.6 is 11.3 Å². The molecule has 0 aliphatic carbocycles.